The second-order valence-electron chi connectivity index (χ2n) is 4.95. The molecule has 2 aromatic carbocycles. The van der Waals surface area contributed by atoms with Crippen molar-refractivity contribution < 1.29 is 14.3 Å². The fourth-order valence-corrected chi connectivity index (χ4v) is 2.39. The summed E-state index contributed by atoms with van der Waals surface area (Å²) < 4.78 is 10.6. The van der Waals surface area contributed by atoms with Gasteiger partial charge < -0.3 is 9.47 Å². The summed E-state index contributed by atoms with van der Waals surface area (Å²) in [5.41, 5.74) is 2.40. The van der Waals surface area contributed by atoms with Crippen molar-refractivity contribution >= 4 is 0 Å². The van der Waals surface area contributed by atoms with Crippen LogP contribution in [0.25, 0.3) is 0 Å². The maximum atomic E-state index is 5.60. The summed E-state index contributed by atoms with van der Waals surface area (Å²) in [4.78, 5) is 5.60. The molecule has 0 aromatic heterocycles. The molecule has 0 bridgehead atoms. The number of nitrogens with zero attached hydrogens (tertiary/aromatic N) is 1. The highest BCUT2D eigenvalue weighted by molar-refractivity contribution is 5.43. The minimum absolute atomic E-state index is 0.103. The molecule has 4 nitrogen and oxygen atoms in total. The van der Waals surface area contributed by atoms with E-state index in [2.05, 4.69) is 18.2 Å². The van der Waals surface area contributed by atoms with Crippen LogP contribution in [0.3, 0.4) is 0 Å². The van der Waals surface area contributed by atoms with E-state index in [0.29, 0.717) is 0 Å². The molecule has 2 aromatic rings. The van der Waals surface area contributed by atoms with E-state index in [9.17, 15) is 0 Å². The first-order chi connectivity index (χ1) is 10.3. The predicted octanol–water partition coefficient (Wildman–Crippen LogP) is 3.19. The molecular weight excluding hydrogens is 266 g/mol. The van der Waals surface area contributed by atoms with Crippen LogP contribution in [-0.4, -0.2) is 25.8 Å². The molecule has 2 atom stereocenters. The lowest BCUT2D eigenvalue weighted by Crippen LogP contribution is -2.04. The molecule has 0 saturated carbocycles. The Morgan fingerprint density at radius 3 is 2.48 bits per heavy atom. The topological polar surface area (TPSA) is 34.0 Å². The highest BCUT2D eigenvalue weighted by Gasteiger charge is 2.37. The van der Waals surface area contributed by atoms with Crippen molar-refractivity contribution in [2.45, 2.75) is 12.6 Å². The quantitative estimate of drug-likeness (QED) is 0.763. The molecule has 0 radical (unpaired) electrons. The van der Waals surface area contributed by atoms with E-state index in [1.807, 2.05) is 35.4 Å². The van der Waals surface area contributed by atoms with E-state index in [1.165, 1.54) is 11.1 Å². The van der Waals surface area contributed by atoms with E-state index in [1.54, 1.807) is 14.2 Å². The molecule has 0 amide bonds. The van der Waals surface area contributed by atoms with E-state index in [0.717, 1.165) is 24.5 Å². The Labute approximate surface area is 124 Å². The van der Waals surface area contributed by atoms with Gasteiger partial charge in [0.25, 0.3) is 0 Å². The highest BCUT2D eigenvalue weighted by Crippen LogP contribution is 2.37. The van der Waals surface area contributed by atoms with Crippen LogP contribution >= 0.6 is 0 Å². The highest BCUT2D eigenvalue weighted by atomic mass is 16.8. The molecule has 1 heterocycles. The lowest BCUT2D eigenvalue weighted by molar-refractivity contribution is 0.200. The molecule has 4 heteroatoms. The van der Waals surface area contributed by atoms with Gasteiger partial charge in [-0.05, 0) is 29.7 Å². The molecule has 21 heavy (non-hydrogen) atoms. The van der Waals surface area contributed by atoms with Gasteiger partial charge in [0.15, 0.2) is 17.7 Å². The van der Waals surface area contributed by atoms with Gasteiger partial charge in [-0.15, -0.1) is 0 Å². The van der Waals surface area contributed by atoms with Gasteiger partial charge in [0.05, 0.1) is 14.2 Å². The van der Waals surface area contributed by atoms with Gasteiger partial charge in [-0.1, -0.05) is 36.4 Å². The number of ether oxygens (including phenoxy) is 2. The van der Waals surface area contributed by atoms with Crippen LogP contribution in [0.2, 0.25) is 0 Å². The number of rotatable bonds is 6. The average molecular weight is 285 g/mol. The Balaban J connectivity index is 1.57. The number of hydroxylamine groups is 2. The van der Waals surface area contributed by atoms with Crippen molar-refractivity contribution in [2.75, 3.05) is 20.8 Å². The summed E-state index contributed by atoms with van der Waals surface area (Å²) in [5, 5.41) is 1.99. The maximum absolute atomic E-state index is 5.60. The molecule has 0 aliphatic carbocycles. The van der Waals surface area contributed by atoms with Gasteiger partial charge >= 0.3 is 0 Å². The number of hydrogen-bond acceptors (Lipinski definition) is 4. The third-order valence-electron chi connectivity index (χ3n) is 3.60. The Kier molecular flexibility index (Phi) is 4.08. The van der Waals surface area contributed by atoms with Crippen LogP contribution in [0.1, 0.15) is 17.4 Å². The minimum atomic E-state index is 0.103. The zero-order chi connectivity index (χ0) is 14.7. The molecule has 1 aliphatic heterocycles. The fourth-order valence-electron chi connectivity index (χ4n) is 2.39. The monoisotopic (exact) mass is 285 g/mol. The molecule has 110 valence electrons. The largest absolute Gasteiger partial charge is 0.493 e. The molecule has 1 fully saturated rings. The van der Waals surface area contributed by atoms with Gasteiger partial charge in [-0.3, -0.25) is 4.84 Å². The van der Waals surface area contributed by atoms with Crippen molar-refractivity contribution in [3.63, 3.8) is 0 Å². The van der Waals surface area contributed by atoms with Crippen molar-refractivity contribution in [1.82, 2.24) is 5.06 Å². The average Bonchev–Trinajstić information content (AvgIpc) is 3.33. The van der Waals surface area contributed by atoms with Gasteiger partial charge in [-0.25, -0.2) is 0 Å². The maximum Gasteiger partial charge on any atom is 0.179 e. The standard InChI is InChI=1S/C17H19NO3/c1-19-15-9-8-13(12-16(15)20-2)10-11-18-17(21-18)14-6-4-3-5-7-14/h3-9,12,17H,10-11H2,1-2H3/t17-,18?/m0/s1. The number of benzene rings is 2. The third-order valence-corrected chi connectivity index (χ3v) is 3.60. The first kappa shape index (κ1) is 13.9. The third kappa shape index (κ3) is 3.17. The molecule has 0 N–H and O–H groups in total. The first-order valence-corrected chi connectivity index (χ1v) is 7.01. The summed E-state index contributed by atoms with van der Waals surface area (Å²) in [6.45, 7) is 0.856. The van der Waals surface area contributed by atoms with Crippen molar-refractivity contribution in [3.05, 3.63) is 59.7 Å². The summed E-state index contributed by atoms with van der Waals surface area (Å²) in [5.74, 6) is 1.52. The Morgan fingerprint density at radius 1 is 1.00 bits per heavy atom. The predicted molar refractivity (Wildman–Crippen MR) is 80.2 cm³/mol. The van der Waals surface area contributed by atoms with E-state index < -0.39 is 0 Å². The first-order valence-electron chi connectivity index (χ1n) is 7.01. The Bertz CT molecular complexity index is 600. The Hall–Kier alpha value is -2.04. The van der Waals surface area contributed by atoms with Crippen LogP contribution in [0, 0.1) is 0 Å². The van der Waals surface area contributed by atoms with Crippen molar-refractivity contribution in [1.29, 1.82) is 0 Å². The lowest BCUT2D eigenvalue weighted by Gasteiger charge is -2.09. The second-order valence-corrected chi connectivity index (χ2v) is 4.95. The van der Waals surface area contributed by atoms with Crippen LogP contribution in [-0.2, 0) is 11.3 Å². The van der Waals surface area contributed by atoms with Crippen molar-refractivity contribution in [3.8, 4) is 11.5 Å². The van der Waals surface area contributed by atoms with Gasteiger partial charge in [-0.2, -0.15) is 5.06 Å². The van der Waals surface area contributed by atoms with E-state index >= 15 is 0 Å². The van der Waals surface area contributed by atoms with Crippen molar-refractivity contribution in [2.24, 2.45) is 0 Å². The summed E-state index contributed by atoms with van der Waals surface area (Å²) >= 11 is 0. The molecule has 0 spiro atoms. The fraction of sp³-hybridized carbons (Fsp3) is 0.294. The van der Waals surface area contributed by atoms with Gasteiger partial charge in [0.2, 0.25) is 0 Å². The zero-order valence-corrected chi connectivity index (χ0v) is 12.3. The van der Waals surface area contributed by atoms with E-state index in [4.69, 9.17) is 14.3 Å². The SMILES string of the molecule is COc1ccc(CCN2O[C@H]2c2ccccc2)cc1OC. The minimum Gasteiger partial charge on any atom is -0.493 e. The summed E-state index contributed by atoms with van der Waals surface area (Å²) in [6, 6.07) is 16.3. The Morgan fingerprint density at radius 2 is 1.76 bits per heavy atom. The molecule has 1 unspecified atom stereocenters. The normalized spacial score (nSPS) is 20.1. The van der Waals surface area contributed by atoms with Crippen LogP contribution in [0.4, 0.5) is 0 Å². The smallest absolute Gasteiger partial charge is 0.179 e. The van der Waals surface area contributed by atoms with Crippen LogP contribution < -0.4 is 9.47 Å². The van der Waals surface area contributed by atoms with Gasteiger partial charge in [0.1, 0.15) is 0 Å². The summed E-state index contributed by atoms with van der Waals surface area (Å²) in [7, 11) is 3.30. The number of methoxy groups -OCH3 is 2. The molecular formula is C17H19NO3. The van der Waals surface area contributed by atoms with Gasteiger partial charge in [0, 0.05) is 6.54 Å². The van der Waals surface area contributed by atoms with Crippen LogP contribution in [0.5, 0.6) is 11.5 Å². The molecule has 1 saturated heterocycles. The molecule has 1 aliphatic rings. The van der Waals surface area contributed by atoms with Crippen LogP contribution in [0.15, 0.2) is 48.5 Å². The number of hydrogen-bond donors (Lipinski definition) is 0. The summed E-state index contributed by atoms with van der Waals surface area (Å²) in [6.07, 6.45) is 1.01. The molecule has 3 rings (SSSR count). The zero-order valence-electron chi connectivity index (χ0n) is 12.3. The van der Waals surface area contributed by atoms with E-state index in [-0.39, 0.29) is 6.23 Å². The second kappa shape index (κ2) is 6.16. The lowest BCUT2D eigenvalue weighted by atomic mass is 10.1.